The van der Waals surface area contributed by atoms with Crippen LogP contribution in [0.4, 0.5) is 0 Å². The predicted molar refractivity (Wildman–Crippen MR) is 83.8 cm³/mol. The molecule has 0 radical (unpaired) electrons. The maximum absolute atomic E-state index is 11.6. The minimum Gasteiger partial charge on any atom is -0.304 e. The first kappa shape index (κ1) is 14.4. The van der Waals surface area contributed by atoms with Crippen LogP contribution in [0.2, 0.25) is 10.0 Å². The van der Waals surface area contributed by atoms with E-state index >= 15 is 0 Å². The van der Waals surface area contributed by atoms with Crippen LogP contribution in [0, 0.1) is 0 Å². The number of nitrogens with zero attached hydrogens (tertiary/aromatic N) is 2. The van der Waals surface area contributed by atoms with Crippen molar-refractivity contribution >= 4 is 38.6 Å². The number of imidazole rings is 1. The van der Waals surface area contributed by atoms with E-state index in [4.69, 9.17) is 23.2 Å². The maximum atomic E-state index is 11.6. The Labute approximate surface area is 131 Å². The van der Waals surface area contributed by atoms with Crippen molar-refractivity contribution in [1.82, 2.24) is 9.38 Å². The molecule has 0 aliphatic heterocycles. The van der Waals surface area contributed by atoms with Crippen LogP contribution in [0.5, 0.6) is 0 Å². The molecule has 0 saturated carbocycles. The van der Waals surface area contributed by atoms with Crippen LogP contribution in [-0.4, -0.2) is 24.1 Å². The number of benzene rings is 1. The van der Waals surface area contributed by atoms with E-state index in [1.165, 1.54) is 6.07 Å². The Balaban J connectivity index is 2.24. The molecule has 108 valence electrons. The molecule has 3 aromatic rings. The Morgan fingerprint density at radius 1 is 1.19 bits per heavy atom. The molecule has 2 heterocycles. The van der Waals surface area contributed by atoms with Crippen molar-refractivity contribution in [2.45, 2.75) is 4.90 Å². The number of aromatic nitrogens is 2. The van der Waals surface area contributed by atoms with Crippen molar-refractivity contribution in [1.29, 1.82) is 0 Å². The fourth-order valence-electron chi connectivity index (χ4n) is 2.20. The lowest BCUT2D eigenvalue weighted by Gasteiger charge is -2.08. The van der Waals surface area contributed by atoms with E-state index in [2.05, 4.69) is 4.98 Å². The molecule has 4 nitrogen and oxygen atoms in total. The Kier molecular flexibility index (Phi) is 3.43. The van der Waals surface area contributed by atoms with Gasteiger partial charge in [-0.05, 0) is 23.8 Å². The van der Waals surface area contributed by atoms with Gasteiger partial charge in [-0.3, -0.25) is 0 Å². The van der Waals surface area contributed by atoms with Crippen LogP contribution in [0.3, 0.4) is 0 Å². The number of hydrogen-bond donors (Lipinski definition) is 0. The van der Waals surface area contributed by atoms with Gasteiger partial charge in [-0.15, -0.1) is 0 Å². The smallest absolute Gasteiger partial charge is 0.176 e. The van der Waals surface area contributed by atoms with Crippen molar-refractivity contribution in [3.8, 4) is 11.1 Å². The Morgan fingerprint density at radius 3 is 2.62 bits per heavy atom. The number of halogens is 2. The highest BCUT2D eigenvalue weighted by Gasteiger charge is 2.14. The summed E-state index contributed by atoms with van der Waals surface area (Å²) >= 11 is 12.2. The summed E-state index contributed by atoms with van der Waals surface area (Å²) in [5.41, 5.74) is 2.48. The quantitative estimate of drug-likeness (QED) is 0.714. The molecule has 0 aliphatic carbocycles. The SMILES string of the molecule is CS(=O)(=O)c1ccc(-c2cc(Cl)cn3cncc23)cc1Cl. The topological polar surface area (TPSA) is 51.4 Å². The normalized spacial score (nSPS) is 12.0. The van der Waals surface area contributed by atoms with Gasteiger partial charge in [-0.2, -0.15) is 0 Å². The zero-order valence-corrected chi connectivity index (χ0v) is 13.2. The Bertz CT molecular complexity index is 949. The molecule has 0 unspecified atom stereocenters. The predicted octanol–water partition coefficient (Wildman–Crippen LogP) is 3.71. The van der Waals surface area contributed by atoms with Crippen molar-refractivity contribution in [3.63, 3.8) is 0 Å². The minimum absolute atomic E-state index is 0.111. The largest absolute Gasteiger partial charge is 0.304 e. The van der Waals surface area contributed by atoms with E-state index < -0.39 is 9.84 Å². The molecule has 3 rings (SSSR count). The second-order valence-corrected chi connectivity index (χ2v) is 7.50. The number of pyridine rings is 1. The van der Waals surface area contributed by atoms with Crippen LogP contribution >= 0.6 is 23.2 Å². The molecule has 7 heteroatoms. The lowest BCUT2D eigenvalue weighted by atomic mass is 10.1. The van der Waals surface area contributed by atoms with E-state index in [-0.39, 0.29) is 9.92 Å². The maximum Gasteiger partial charge on any atom is 0.176 e. The Hall–Kier alpha value is -1.56. The molecule has 0 spiro atoms. The first-order valence-corrected chi connectivity index (χ1v) is 8.62. The Morgan fingerprint density at radius 2 is 1.95 bits per heavy atom. The van der Waals surface area contributed by atoms with Gasteiger partial charge in [-0.1, -0.05) is 29.3 Å². The number of rotatable bonds is 2. The van der Waals surface area contributed by atoms with Crippen LogP contribution in [-0.2, 0) is 9.84 Å². The molecular weight excluding hydrogens is 331 g/mol. The average Bonchev–Trinajstić information content (AvgIpc) is 2.83. The van der Waals surface area contributed by atoms with Crippen molar-refractivity contribution in [2.75, 3.05) is 6.26 Å². The third kappa shape index (κ3) is 2.64. The number of sulfone groups is 1. The third-order valence-corrected chi connectivity index (χ3v) is 4.92. The standard InChI is InChI=1S/C14H10Cl2N2O2S/c1-21(19,20)14-3-2-9(4-12(14)16)11-5-10(15)7-18-8-17-6-13(11)18/h2-8H,1H3. The summed E-state index contributed by atoms with van der Waals surface area (Å²) in [6, 6.07) is 6.63. The van der Waals surface area contributed by atoms with E-state index in [1.807, 2.05) is 0 Å². The highest BCUT2D eigenvalue weighted by atomic mass is 35.5. The fourth-order valence-corrected chi connectivity index (χ4v) is 3.74. The summed E-state index contributed by atoms with van der Waals surface area (Å²) in [7, 11) is -3.35. The van der Waals surface area contributed by atoms with Crippen LogP contribution in [0.25, 0.3) is 16.6 Å². The fraction of sp³-hybridized carbons (Fsp3) is 0.0714. The minimum atomic E-state index is -3.35. The summed E-state index contributed by atoms with van der Waals surface area (Å²) < 4.78 is 25.0. The average molecular weight is 341 g/mol. The van der Waals surface area contributed by atoms with Crippen LogP contribution in [0.1, 0.15) is 0 Å². The van der Waals surface area contributed by atoms with Gasteiger partial charge >= 0.3 is 0 Å². The molecule has 0 atom stereocenters. The monoisotopic (exact) mass is 340 g/mol. The van der Waals surface area contributed by atoms with Crippen LogP contribution in [0.15, 0.2) is 47.9 Å². The molecular formula is C14H10Cl2N2O2S. The lowest BCUT2D eigenvalue weighted by molar-refractivity contribution is 0.602. The van der Waals surface area contributed by atoms with Gasteiger partial charge in [0, 0.05) is 18.0 Å². The highest BCUT2D eigenvalue weighted by molar-refractivity contribution is 7.90. The zero-order chi connectivity index (χ0) is 15.2. The highest BCUT2D eigenvalue weighted by Crippen LogP contribution is 2.32. The lowest BCUT2D eigenvalue weighted by Crippen LogP contribution is -1.98. The van der Waals surface area contributed by atoms with Gasteiger partial charge in [0.25, 0.3) is 0 Å². The molecule has 1 aromatic carbocycles. The van der Waals surface area contributed by atoms with Gasteiger partial charge in [-0.25, -0.2) is 13.4 Å². The van der Waals surface area contributed by atoms with Gasteiger partial charge in [0.2, 0.25) is 0 Å². The summed E-state index contributed by atoms with van der Waals surface area (Å²) in [6.45, 7) is 0. The van der Waals surface area contributed by atoms with Gasteiger partial charge in [0.15, 0.2) is 9.84 Å². The molecule has 0 N–H and O–H groups in total. The second kappa shape index (κ2) is 5.02. The molecule has 0 amide bonds. The summed E-state index contributed by atoms with van der Waals surface area (Å²) in [6.07, 6.45) is 6.24. The first-order chi connectivity index (χ1) is 9.86. The van der Waals surface area contributed by atoms with E-state index in [9.17, 15) is 8.42 Å². The van der Waals surface area contributed by atoms with E-state index in [0.29, 0.717) is 5.02 Å². The van der Waals surface area contributed by atoms with Crippen LogP contribution < -0.4 is 0 Å². The summed E-state index contributed by atoms with van der Waals surface area (Å²) in [4.78, 5) is 4.19. The van der Waals surface area contributed by atoms with Crippen molar-refractivity contribution < 1.29 is 8.42 Å². The van der Waals surface area contributed by atoms with Gasteiger partial charge in [0.1, 0.15) is 0 Å². The first-order valence-electron chi connectivity index (χ1n) is 5.97. The van der Waals surface area contributed by atoms with E-state index in [1.54, 1.807) is 41.3 Å². The molecule has 2 aromatic heterocycles. The molecule has 0 aliphatic rings. The summed E-state index contributed by atoms with van der Waals surface area (Å²) in [5.74, 6) is 0. The molecule has 0 fully saturated rings. The van der Waals surface area contributed by atoms with Gasteiger partial charge in [0.05, 0.1) is 33.0 Å². The third-order valence-electron chi connectivity index (χ3n) is 3.13. The second-order valence-electron chi connectivity index (χ2n) is 4.68. The molecule has 21 heavy (non-hydrogen) atoms. The number of fused-ring (bicyclic) bond motifs is 1. The number of hydrogen-bond acceptors (Lipinski definition) is 3. The molecule has 0 bridgehead atoms. The summed E-state index contributed by atoms with van der Waals surface area (Å²) in [5, 5.41) is 0.742. The van der Waals surface area contributed by atoms with E-state index in [0.717, 1.165) is 22.9 Å². The van der Waals surface area contributed by atoms with Crippen molar-refractivity contribution in [2.24, 2.45) is 0 Å². The van der Waals surface area contributed by atoms with Gasteiger partial charge < -0.3 is 4.40 Å². The zero-order valence-electron chi connectivity index (χ0n) is 10.9. The molecule has 0 saturated heterocycles. The van der Waals surface area contributed by atoms with Crippen molar-refractivity contribution in [3.05, 3.63) is 53.0 Å².